The van der Waals surface area contributed by atoms with Crippen molar-refractivity contribution in [3.05, 3.63) is 24.5 Å². The molecule has 0 saturated carbocycles. The van der Waals surface area contributed by atoms with E-state index in [2.05, 4.69) is 21.1 Å². The fraction of sp³-hybridized carbons (Fsp3) is 0. The van der Waals surface area contributed by atoms with Crippen molar-refractivity contribution in [2.45, 2.75) is 0 Å². The van der Waals surface area contributed by atoms with Crippen LogP contribution >= 0.6 is 9.24 Å². The van der Waals surface area contributed by atoms with Gasteiger partial charge < -0.3 is 5.32 Å². The van der Waals surface area contributed by atoms with Gasteiger partial charge >= 0.3 is 0 Å². The van der Waals surface area contributed by atoms with Crippen molar-refractivity contribution in [3.63, 3.8) is 0 Å². The Morgan fingerprint density at radius 2 is 2.83 bits per heavy atom. The maximum atomic E-state index is 2.84. The lowest BCUT2D eigenvalue weighted by Crippen LogP contribution is -1.94. The zero-order valence-corrected chi connectivity index (χ0v) is 4.39. The molecule has 0 spiro atoms. The van der Waals surface area contributed by atoms with E-state index >= 15 is 0 Å². The zero-order chi connectivity index (χ0) is 4.41. The Morgan fingerprint density at radius 1 is 2.00 bits per heavy atom. The van der Waals surface area contributed by atoms with Gasteiger partial charge in [-0.1, -0.05) is 0 Å². The molecular formula is C4H5NP-. The van der Waals surface area contributed by atoms with Crippen LogP contribution < -0.4 is 5.32 Å². The third-order valence-corrected chi connectivity index (χ3v) is 0.900. The summed E-state index contributed by atoms with van der Waals surface area (Å²) in [6.45, 7) is 4.67. The molecule has 0 aromatic heterocycles. The van der Waals surface area contributed by atoms with Crippen LogP contribution in [0.5, 0.6) is 0 Å². The Bertz CT molecular complexity index is 77.6. The molecule has 0 amide bonds. The largest absolute Gasteiger partial charge is 0.378 e. The molecule has 6 heavy (non-hydrogen) atoms. The Kier molecular flexibility index (Phi) is 1.13. The molecule has 1 aliphatic heterocycles. The number of hydrogen-bond acceptors (Lipinski definition) is 1. The van der Waals surface area contributed by atoms with Crippen molar-refractivity contribution in [2.75, 3.05) is 0 Å². The smallest absolute Gasteiger partial charge is 0.0222 e. The van der Waals surface area contributed by atoms with Crippen molar-refractivity contribution >= 4 is 9.24 Å². The van der Waals surface area contributed by atoms with Crippen molar-refractivity contribution < 1.29 is 0 Å². The molecule has 0 fully saturated rings. The highest BCUT2D eigenvalue weighted by Gasteiger charge is 1.82. The van der Waals surface area contributed by atoms with Crippen molar-refractivity contribution in [1.82, 2.24) is 5.32 Å². The molecule has 1 rings (SSSR count). The summed E-state index contributed by atoms with van der Waals surface area (Å²) in [6, 6.07) is 0. The molecule has 1 aliphatic rings. The summed E-state index contributed by atoms with van der Waals surface area (Å²) in [4.78, 5) is 0. The lowest BCUT2D eigenvalue weighted by atomic mass is 10.6. The van der Waals surface area contributed by atoms with E-state index in [0.29, 0.717) is 0 Å². The molecule has 0 saturated heterocycles. The average molecular weight is 98.1 g/mol. The standard InChI is InChI=1S/C4H5NP/c6-4-1-2-5-3-4/h1-2,5H,6H2/q-1. The second-order valence-electron chi connectivity index (χ2n) is 1.06. The normalized spacial score (nSPS) is 19.8. The Balaban J connectivity index is 2.45. The highest BCUT2D eigenvalue weighted by atomic mass is 31.0. The first kappa shape index (κ1) is 4.17. The van der Waals surface area contributed by atoms with Crippen LogP contribution in [0.2, 0.25) is 0 Å². The van der Waals surface area contributed by atoms with Gasteiger partial charge in [-0.2, -0.15) is 21.1 Å². The van der Waals surface area contributed by atoms with Gasteiger partial charge in [-0.25, -0.2) is 6.08 Å². The molecule has 0 aliphatic carbocycles. The summed E-state index contributed by atoms with van der Waals surface area (Å²) >= 11 is 0. The van der Waals surface area contributed by atoms with E-state index < -0.39 is 0 Å². The predicted molar refractivity (Wildman–Crippen MR) is 28.5 cm³/mol. The fourth-order valence-electron chi connectivity index (χ4n) is 0.298. The molecule has 0 aromatic rings. The van der Waals surface area contributed by atoms with Gasteiger partial charge in [0.05, 0.1) is 0 Å². The van der Waals surface area contributed by atoms with Crippen LogP contribution in [0.25, 0.3) is 0 Å². The second-order valence-corrected chi connectivity index (χ2v) is 1.68. The highest BCUT2D eigenvalue weighted by molar-refractivity contribution is 7.22. The molecule has 32 valence electrons. The van der Waals surface area contributed by atoms with Crippen LogP contribution in [-0.4, -0.2) is 0 Å². The molecule has 0 bridgehead atoms. The molecule has 1 heterocycles. The summed E-state index contributed by atoms with van der Waals surface area (Å²) in [5.74, 6) is 0. The quantitative estimate of drug-likeness (QED) is 0.344. The second kappa shape index (κ2) is 1.63. The summed E-state index contributed by atoms with van der Waals surface area (Å²) in [6.07, 6.45) is 1.94. The van der Waals surface area contributed by atoms with Crippen molar-refractivity contribution in [3.8, 4) is 0 Å². The molecular weight excluding hydrogens is 93.0 g/mol. The topological polar surface area (TPSA) is 12.0 Å². The first-order valence-corrected chi connectivity index (χ1v) is 2.28. The van der Waals surface area contributed by atoms with Crippen LogP contribution in [0.4, 0.5) is 0 Å². The van der Waals surface area contributed by atoms with Crippen LogP contribution in [0.1, 0.15) is 0 Å². The Labute approximate surface area is 40.0 Å². The molecule has 1 unspecified atom stereocenters. The SMILES string of the molecule is PC1=C[CH-]N[C]1. The number of nitrogens with one attached hydrogen (secondary N) is 1. The van der Waals surface area contributed by atoms with Crippen LogP contribution in [-0.2, 0) is 0 Å². The summed E-state index contributed by atoms with van der Waals surface area (Å²) in [7, 11) is 2.53. The van der Waals surface area contributed by atoms with Crippen molar-refractivity contribution in [1.29, 1.82) is 0 Å². The summed E-state index contributed by atoms with van der Waals surface area (Å²) < 4.78 is 0. The van der Waals surface area contributed by atoms with E-state index in [1.165, 1.54) is 0 Å². The molecule has 1 N–H and O–H groups in total. The molecule has 2 radical (unpaired) electrons. The van der Waals surface area contributed by atoms with Gasteiger partial charge in [-0.15, -0.1) is 0 Å². The van der Waals surface area contributed by atoms with E-state index in [1.54, 1.807) is 0 Å². The van der Waals surface area contributed by atoms with E-state index in [-0.39, 0.29) is 0 Å². The van der Waals surface area contributed by atoms with Gasteiger partial charge in [0.15, 0.2) is 0 Å². The van der Waals surface area contributed by atoms with Gasteiger partial charge in [0.1, 0.15) is 0 Å². The van der Waals surface area contributed by atoms with Gasteiger partial charge in [0, 0.05) is 0 Å². The minimum Gasteiger partial charge on any atom is -0.378 e. The summed E-state index contributed by atoms with van der Waals surface area (Å²) in [5, 5.41) is 3.86. The Morgan fingerprint density at radius 3 is 3.00 bits per heavy atom. The third-order valence-electron chi connectivity index (χ3n) is 0.563. The van der Waals surface area contributed by atoms with Gasteiger partial charge in [0.2, 0.25) is 0 Å². The lowest BCUT2D eigenvalue weighted by molar-refractivity contribution is 1.08. The molecule has 0 aromatic carbocycles. The summed E-state index contributed by atoms with van der Waals surface area (Å²) in [5.41, 5.74) is 0. The predicted octanol–water partition coefficient (Wildman–Crippen LogP) is 0.549. The van der Waals surface area contributed by atoms with Crippen molar-refractivity contribution in [2.24, 2.45) is 0 Å². The fourth-order valence-corrected chi connectivity index (χ4v) is 0.478. The monoisotopic (exact) mass is 98.0 g/mol. The average Bonchev–Trinajstić information content (AvgIpc) is 1.86. The maximum Gasteiger partial charge on any atom is -0.0222 e. The van der Waals surface area contributed by atoms with E-state index in [0.717, 1.165) is 5.31 Å². The lowest BCUT2D eigenvalue weighted by Gasteiger charge is -1.92. The number of hydrogen-bond donors (Lipinski definition) is 1. The minimum absolute atomic E-state index is 1.08. The van der Waals surface area contributed by atoms with Crippen LogP contribution in [0.15, 0.2) is 11.4 Å². The maximum absolute atomic E-state index is 2.84. The first-order chi connectivity index (χ1) is 2.89. The zero-order valence-electron chi connectivity index (χ0n) is 3.23. The van der Waals surface area contributed by atoms with E-state index in [4.69, 9.17) is 0 Å². The Hall–Kier alpha value is -0.0000000000000000208. The third kappa shape index (κ3) is 0.735. The van der Waals surface area contributed by atoms with Crippen LogP contribution in [0, 0.1) is 13.1 Å². The molecule has 1 nitrogen and oxygen atoms in total. The van der Waals surface area contributed by atoms with Gasteiger partial charge in [-0.3, -0.25) is 0 Å². The van der Waals surface area contributed by atoms with Crippen LogP contribution in [0.3, 0.4) is 0 Å². The highest BCUT2D eigenvalue weighted by Crippen LogP contribution is 2.11. The van der Waals surface area contributed by atoms with Gasteiger partial charge in [0.25, 0.3) is 0 Å². The molecule has 2 heteroatoms. The van der Waals surface area contributed by atoms with E-state index in [1.807, 2.05) is 12.6 Å². The minimum atomic E-state index is 1.08. The van der Waals surface area contributed by atoms with E-state index in [9.17, 15) is 0 Å². The number of rotatable bonds is 0. The first-order valence-electron chi connectivity index (χ1n) is 1.70. The molecule has 1 atom stereocenters. The van der Waals surface area contributed by atoms with Gasteiger partial charge in [-0.05, 0) is 6.54 Å².